The van der Waals surface area contributed by atoms with Gasteiger partial charge in [0.2, 0.25) is 5.95 Å². The van der Waals surface area contributed by atoms with Crippen molar-refractivity contribution in [1.82, 2.24) is 14.9 Å². The van der Waals surface area contributed by atoms with Crippen LogP contribution < -0.4 is 25.0 Å². The summed E-state index contributed by atoms with van der Waals surface area (Å²) in [7, 11) is 3.75. The Bertz CT molecular complexity index is 1320. The summed E-state index contributed by atoms with van der Waals surface area (Å²) in [4.78, 5) is 13.7. The molecule has 1 aromatic heterocycles. The first kappa shape index (κ1) is 25.5. The standard InChI is InChI=1S/C26H30BrFN6O3/c1-26(2,35)17-9-15(28)5-6-19(17)30-24-18(27)12-29-25(32-24)31-20-10-23-21(11-22(20)36-4)34-8-7-33(3)13-16(34)14-37-23/h5-6,9-12,16,35H,7-8,13-14H2,1-4H3,(H2,29,30,31,32)/t16-/m0/s1. The Labute approximate surface area is 223 Å². The summed E-state index contributed by atoms with van der Waals surface area (Å²) >= 11 is 3.47. The van der Waals surface area contributed by atoms with E-state index in [1.807, 2.05) is 12.1 Å². The van der Waals surface area contributed by atoms with Crippen molar-refractivity contribution in [3.8, 4) is 11.5 Å². The minimum atomic E-state index is -1.26. The monoisotopic (exact) mass is 572 g/mol. The molecule has 0 bridgehead atoms. The molecule has 0 radical (unpaired) electrons. The van der Waals surface area contributed by atoms with Gasteiger partial charge in [-0.25, -0.2) is 9.37 Å². The minimum absolute atomic E-state index is 0.304. The highest BCUT2D eigenvalue weighted by molar-refractivity contribution is 9.10. The average Bonchev–Trinajstić information content (AvgIpc) is 2.85. The number of rotatable bonds is 6. The van der Waals surface area contributed by atoms with Gasteiger partial charge in [0.25, 0.3) is 0 Å². The molecule has 11 heteroatoms. The van der Waals surface area contributed by atoms with Crippen LogP contribution in [0.2, 0.25) is 0 Å². The molecule has 1 saturated heterocycles. The van der Waals surface area contributed by atoms with Gasteiger partial charge in [-0.3, -0.25) is 0 Å². The highest BCUT2D eigenvalue weighted by Crippen LogP contribution is 2.43. The molecule has 0 spiro atoms. The molecule has 3 heterocycles. The first-order valence-electron chi connectivity index (χ1n) is 12.0. The number of piperazine rings is 1. The topological polar surface area (TPSA) is 95.0 Å². The normalized spacial score (nSPS) is 17.5. The lowest BCUT2D eigenvalue weighted by molar-refractivity contribution is 0.0790. The van der Waals surface area contributed by atoms with E-state index in [-0.39, 0.29) is 0 Å². The Morgan fingerprint density at radius 2 is 2.00 bits per heavy atom. The van der Waals surface area contributed by atoms with E-state index in [2.05, 4.69) is 53.4 Å². The van der Waals surface area contributed by atoms with Crippen LogP contribution in [0.1, 0.15) is 19.4 Å². The van der Waals surface area contributed by atoms with Crippen LogP contribution in [0.5, 0.6) is 11.5 Å². The third-order valence-electron chi connectivity index (χ3n) is 6.59. The Hall–Kier alpha value is -3.15. The maximum absolute atomic E-state index is 13.9. The van der Waals surface area contributed by atoms with Crippen LogP contribution in [-0.4, -0.2) is 66.4 Å². The number of methoxy groups -OCH3 is 1. The zero-order chi connectivity index (χ0) is 26.3. The third kappa shape index (κ3) is 5.29. The summed E-state index contributed by atoms with van der Waals surface area (Å²) in [5, 5.41) is 17.0. The quantitative estimate of drug-likeness (QED) is 0.391. The molecule has 2 aliphatic rings. The van der Waals surface area contributed by atoms with E-state index in [9.17, 15) is 9.50 Å². The molecule has 0 saturated carbocycles. The van der Waals surface area contributed by atoms with Crippen LogP contribution in [0.25, 0.3) is 0 Å². The first-order chi connectivity index (χ1) is 17.6. The van der Waals surface area contributed by atoms with Gasteiger partial charge in [-0.1, -0.05) is 0 Å². The number of halogens is 2. The second kappa shape index (κ2) is 9.96. The van der Waals surface area contributed by atoms with E-state index in [1.165, 1.54) is 12.1 Å². The van der Waals surface area contributed by atoms with Crippen molar-refractivity contribution in [2.24, 2.45) is 0 Å². The van der Waals surface area contributed by atoms with Crippen LogP contribution in [0.15, 0.2) is 41.0 Å². The van der Waals surface area contributed by atoms with Gasteiger partial charge < -0.3 is 35.0 Å². The highest BCUT2D eigenvalue weighted by Gasteiger charge is 2.33. The summed E-state index contributed by atoms with van der Waals surface area (Å²) in [6.07, 6.45) is 1.61. The van der Waals surface area contributed by atoms with Gasteiger partial charge in [0.1, 0.15) is 29.7 Å². The van der Waals surface area contributed by atoms with Crippen molar-refractivity contribution in [1.29, 1.82) is 0 Å². The lowest BCUT2D eigenvalue weighted by Crippen LogP contribution is -2.56. The van der Waals surface area contributed by atoms with Gasteiger partial charge in [-0.15, -0.1) is 0 Å². The van der Waals surface area contributed by atoms with Crippen molar-refractivity contribution >= 4 is 44.8 Å². The molecule has 0 aliphatic carbocycles. The number of nitrogens with one attached hydrogen (secondary N) is 2. The fraction of sp³-hybridized carbons (Fsp3) is 0.385. The Morgan fingerprint density at radius 3 is 2.76 bits per heavy atom. The van der Waals surface area contributed by atoms with Crippen LogP contribution in [0, 0.1) is 5.82 Å². The second-order valence-electron chi connectivity index (χ2n) is 9.83. The lowest BCUT2D eigenvalue weighted by Gasteiger charge is -2.44. The highest BCUT2D eigenvalue weighted by atomic mass is 79.9. The summed E-state index contributed by atoms with van der Waals surface area (Å²) in [6, 6.07) is 8.40. The maximum atomic E-state index is 13.9. The van der Waals surface area contributed by atoms with Gasteiger partial charge in [0, 0.05) is 49.2 Å². The van der Waals surface area contributed by atoms with Gasteiger partial charge in [0.05, 0.1) is 34.6 Å². The number of likely N-dealkylation sites (N-methyl/N-ethyl adjacent to an activating group) is 1. The summed E-state index contributed by atoms with van der Waals surface area (Å²) in [5.74, 6) is 1.76. The second-order valence-corrected chi connectivity index (χ2v) is 10.7. The molecule has 3 N–H and O–H groups in total. The number of hydrogen-bond donors (Lipinski definition) is 3. The molecular formula is C26H30BrFN6O3. The number of ether oxygens (including phenoxy) is 2. The fourth-order valence-electron chi connectivity index (χ4n) is 4.71. The molecule has 1 atom stereocenters. The number of nitrogens with zero attached hydrogens (tertiary/aromatic N) is 4. The van der Waals surface area contributed by atoms with E-state index in [0.717, 1.165) is 31.1 Å². The molecule has 2 aromatic carbocycles. The van der Waals surface area contributed by atoms with E-state index in [1.54, 1.807) is 33.2 Å². The van der Waals surface area contributed by atoms with Crippen molar-refractivity contribution < 1.29 is 19.0 Å². The molecule has 2 aliphatic heterocycles. The van der Waals surface area contributed by atoms with E-state index >= 15 is 0 Å². The zero-order valence-electron chi connectivity index (χ0n) is 21.2. The SMILES string of the molecule is COc1cc2c(cc1Nc1ncc(Br)c(Nc3ccc(F)cc3C(C)(C)O)n1)OC[C@@H]1CN(C)CCN21. The van der Waals surface area contributed by atoms with E-state index in [4.69, 9.17) is 9.47 Å². The zero-order valence-corrected chi connectivity index (χ0v) is 22.8. The Kier molecular flexibility index (Phi) is 6.86. The minimum Gasteiger partial charge on any atom is -0.494 e. The fourth-order valence-corrected chi connectivity index (χ4v) is 5.00. The summed E-state index contributed by atoms with van der Waals surface area (Å²) < 4.78 is 26.3. The molecule has 9 nitrogen and oxygen atoms in total. The molecule has 3 aromatic rings. The molecule has 0 unspecified atom stereocenters. The number of aromatic nitrogens is 2. The van der Waals surface area contributed by atoms with E-state index < -0.39 is 11.4 Å². The molecule has 196 valence electrons. The summed E-state index contributed by atoms with van der Waals surface area (Å²) in [5.41, 5.74) is 1.36. The van der Waals surface area contributed by atoms with Gasteiger partial charge in [-0.2, -0.15) is 4.98 Å². The number of hydrogen-bond acceptors (Lipinski definition) is 9. The van der Waals surface area contributed by atoms with Crippen molar-refractivity contribution in [3.63, 3.8) is 0 Å². The van der Waals surface area contributed by atoms with Gasteiger partial charge >= 0.3 is 0 Å². The molecule has 37 heavy (non-hydrogen) atoms. The average molecular weight is 573 g/mol. The van der Waals surface area contributed by atoms with Crippen LogP contribution in [0.4, 0.5) is 33.2 Å². The molecular weight excluding hydrogens is 543 g/mol. The predicted molar refractivity (Wildman–Crippen MR) is 145 cm³/mol. The predicted octanol–water partition coefficient (Wildman–Crippen LogP) is 4.61. The molecule has 0 amide bonds. The molecule has 5 rings (SSSR count). The number of benzene rings is 2. The number of aliphatic hydroxyl groups is 1. The Balaban J connectivity index is 1.43. The molecule has 1 fully saturated rings. The van der Waals surface area contributed by atoms with Crippen molar-refractivity contribution in [2.45, 2.75) is 25.5 Å². The number of anilines is 5. The third-order valence-corrected chi connectivity index (χ3v) is 7.17. The summed E-state index contributed by atoms with van der Waals surface area (Å²) in [6.45, 7) is 6.69. The number of fused-ring (bicyclic) bond motifs is 3. The largest absolute Gasteiger partial charge is 0.494 e. The van der Waals surface area contributed by atoms with Crippen LogP contribution in [0.3, 0.4) is 0 Å². The smallest absolute Gasteiger partial charge is 0.229 e. The Morgan fingerprint density at radius 1 is 1.19 bits per heavy atom. The van der Waals surface area contributed by atoms with Crippen molar-refractivity contribution in [3.05, 3.63) is 52.4 Å². The first-order valence-corrected chi connectivity index (χ1v) is 12.8. The van der Waals surface area contributed by atoms with Crippen LogP contribution >= 0.6 is 15.9 Å². The lowest BCUT2D eigenvalue weighted by atomic mass is 9.96. The van der Waals surface area contributed by atoms with Gasteiger partial charge in [0.15, 0.2) is 0 Å². The van der Waals surface area contributed by atoms with Crippen molar-refractivity contribution in [2.75, 3.05) is 55.9 Å². The van der Waals surface area contributed by atoms with Gasteiger partial charge in [-0.05, 0) is 55.0 Å². The van der Waals surface area contributed by atoms with Crippen LogP contribution in [-0.2, 0) is 5.60 Å². The maximum Gasteiger partial charge on any atom is 0.229 e. The van der Waals surface area contributed by atoms with E-state index in [0.29, 0.717) is 51.6 Å².